The molecule has 0 aliphatic rings. The van der Waals surface area contributed by atoms with Gasteiger partial charge in [0.1, 0.15) is 19.3 Å². The summed E-state index contributed by atoms with van der Waals surface area (Å²) in [5.41, 5.74) is 0. The van der Waals surface area contributed by atoms with Crippen molar-refractivity contribution < 1.29 is 34.4 Å². The van der Waals surface area contributed by atoms with Crippen molar-refractivity contribution in [2.24, 2.45) is 5.92 Å². The van der Waals surface area contributed by atoms with E-state index in [1.54, 1.807) is 0 Å². The van der Waals surface area contributed by atoms with Crippen molar-refractivity contribution in [3.05, 3.63) is 12.2 Å². The Bertz CT molecular complexity index is 723. The van der Waals surface area contributed by atoms with E-state index in [4.69, 9.17) is 9.47 Å². The Morgan fingerprint density at radius 3 is 1.40 bits per heavy atom. The van der Waals surface area contributed by atoms with Gasteiger partial charge in [-0.05, 0) is 44.4 Å². The van der Waals surface area contributed by atoms with Crippen LogP contribution in [-0.4, -0.2) is 58.8 Å². The molecule has 0 spiro atoms. The monoisotopic (exact) mass is 669 g/mol. The second kappa shape index (κ2) is 34.4. The van der Waals surface area contributed by atoms with Gasteiger partial charge in [0, 0.05) is 12.8 Å². The van der Waals surface area contributed by atoms with E-state index in [2.05, 4.69) is 26.8 Å². The van der Waals surface area contributed by atoms with Crippen LogP contribution in [0.5, 0.6) is 0 Å². The number of carbonyl (C=O) groups is 2. The Morgan fingerprint density at radius 2 is 0.957 bits per heavy atom. The molecule has 0 unspecified atom stereocenters. The predicted octanol–water partition coefficient (Wildman–Crippen LogP) is 9.92. The summed E-state index contributed by atoms with van der Waals surface area (Å²) in [6.07, 6.45) is 30.1. The minimum absolute atomic E-state index is 0.153. The Kier molecular flexibility index (Phi) is 33.4. The Hall–Kier alpha value is -1.44. The van der Waals surface area contributed by atoms with E-state index in [1.165, 1.54) is 89.9 Å². The number of aliphatic hydroxyl groups excluding tert-OH is 3. The van der Waals surface area contributed by atoms with Crippen LogP contribution >= 0.6 is 0 Å². The van der Waals surface area contributed by atoms with Gasteiger partial charge in [0.05, 0.1) is 12.2 Å². The van der Waals surface area contributed by atoms with E-state index in [-0.39, 0.29) is 31.6 Å². The first-order valence-electron chi connectivity index (χ1n) is 19.8. The zero-order chi connectivity index (χ0) is 34.8. The van der Waals surface area contributed by atoms with Crippen molar-refractivity contribution >= 4 is 11.9 Å². The van der Waals surface area contributed by atoms with Crippen molar-refractivity contribution in [3.63, 3.8) is 0 Å². The van der Waals surface area contributed by atoms with Crippen LogP contribution in [0, 0.1) is 5.92 Å². The summed E-state index contributed by atoms with van der Waals surface area (Å²) in [6.45, 7) is 6.46. The van der Waals surface area contributed by atoms with Gasteiger partial charge < -0.3 is 24.8 Å². The van der Waals surface area contributed by atoms with Crippen molar-refractivity contribution in [2.75, 3.05) is 13.2 Å². The van der Waals surface area contributed by atoms with Crippen LogP contribution in [0.2, 0.25) is 0 Å². The molecule has 0 bridgehead atoms. The van der Waals surface area contributed by atoms with Crippen LogP contribution in [-0.2, 0) is 19.1 Å². The first-order valence-corrected chi connectivity index (χ1v) is 19.8. The molecule has 3 N–H and O–H groups in total. The molecule has 0 heterocycles. The fourth-order valence-corrected chi connectivity index (χ4v) is 5.71. The number of ether oxygens (including phenoxy) is 2. The number of hydrogen-bond acceptors (Lipinski definition) is 7. The highest BCUT2D eigenvalue weighted by Crippen LogP contribution is 2.16. The van der Waals surface area contributed by atoms with Gasteiger partial charge in [0.15, 0.2) is 0 Å². The SMILES string of the molecule is CCCCC/C=C\C[C@@H](O)[C@H](O)CCCCCCCC(=O)OC[C@H](O)COC(=O)CCCCCCCCCCCCCCCC(C)C. The van der Waals surface area contributed by atoms with Crippen LogP contribution in [0.1, 0.15) is 194 Å². The second-order valence-electron chi connectivity index (χ2n) is 14.2. The fraction of sp³-hybridized carbons (Fsp3) is 0.900. The number of esters is 2. The summed E-state index contributed by atoms with van der Waals surface area (Å²) < 4.78 is 10.3. The molecular formula is C40H76O7. The lowest BCUT2D eigenvalue weighted by Gasteiger charge is -2.16. The van der Waals surface area contributed by atoms with Crippen LogP contribution in [0.25, 0.3) is 0 Å². The van der Waals surface area contributed by atoms with Gasteiger partial charge in [-0.25, -0.2) is 0 Å². The fourth-order valence-electron chi connectivity index (χ4n) is 5.71. The Balaban J connectivity index is 3.53. The standard InChI is InChI=1S/C40H76O7/c1-4-5-6-7-19-24-29-37(42)38(43)30-25-20-17-22-27-32-40(45)47-34-36(41)33-46-39(44)31-26-21-16-14-12-10-8-9-11-13-15-18-23-28-35(2)3/h19,24,35-38,41-43H,4-18,20-23,25-34H2,1-3H3/b24-19-/t36-,37-,38-/m1/s1. The van der Waals surface area contributed by atoms with Gasteiger partial charge in [-0.3, -0.25) is 9.59 Å². The molecule has 7 nitrogen and oxygen atoms in total. The van der Waals surface area contributed by atoms with Gasteiger partial charge in [-0.15, -0.1) is 0 Å². The first-order chi connectivity index (χ1) is 22.8. The summed E-state index contributed by atoms with van der Waals surface area (Å²) in [7, 11) is 0. The molecule has 278 valence electrons. The summed E-state index contributed by atoms with van der Waals surface area (Å²) in [5, 5.41) is 30.2. The number of hydrogen-bond donors (Lipinski definition) is 3. The maximum Gasteiger partial charge on any atom is 0.305 e. The van der Waals surface area contributed by atoms with Crippen LogP contribution < -0.4 is 0 Å². The van der Waals surface area contributed by atoms with E-state index >= 15 is 0 Å². The summed E-state index contributed by atoms with van der Waals surface area (Å²) >= 11 is 0. The normalized spacial score (nSPS) is 13.7. The molecule has 0 aromatic carbocycles. The third-order valence-corrected chi connectivity index (χ3v) is 8.88. The maximum absolute atomic E-state index is 12.0. The topological polar surface area (TPSA) is 113 Å². The molecule has 3 atom stereocenters. The zero-order valence-electron chi connectivity index (χ0n) is 30.9. The number of rotatable bonds is 35. The summed E-state index contributed by atoms with van der Waals surface area (Å²) in [5.74, 6) is 0.172. The van der Waals surface area contributed by atoms with E-state index in [1.807, 2.05) is 6.08 Å². The highest BCUT2D eigenvalue weighted by Gasteiger charge is 2.14. The van der Waals surface area contributed by atoms with Gasteiger partial charge in [-0.2, -0.15) is 0 Å². The molecule has 0 radical (unpaired) electrons. The number of unbranched alkanes of at least 4 members (excludes halogenated alkanes) is 19. The Morgan fingerprint density at radius 1 is 0.532 bits per heavy atom. The zero-order valence-corrected chi connectivity index (χ0v) is 30.9. The van der Waals surface area contributed by atoms with E-state index in [9.17, 15) is 24.9 Å². The molecule has 0 fully saturated rings. The van der Waals surface area contributed by atoms with E-state index in [0.29, 0.717) is 25.7 Å². The molecule has 0 rings (SSSR count). The van der Waals surface area contributed by atoms with Crippen LogP contribution in [0.4, 0.5) is 0 Å². The number of allylic oxidation sites excluding steroid dienone is 1. The van der Waals surface area contributed by atoms with Gasteiger partial charge in [0.25, 0.3) is 0 Å². The van der Waals surface area contributed by atoms with Gasteiger partial charge in [-0.1, -0.05) is 155 Å². The third-order valence-electron chi connectivity index (χ3n) is 8.88. The minimum atomic E-state index is -1.01. The highest BCUT2D eigenvalue weighted by atomic mass is 16.6. The van der Waals surface area contributed by atoms with Crippen molar-refractivity contribution in [3.8, 4) is 0 Å². The number of aliphatic hydroxyl groups is 3. The quantitative estimate of drug-likeness (QED) is 0.0350. The summed E-state index contributed by atoms with van der Waals surface area (Å²) in [4.78, 5) is 23.9. The first kappa shape index (κ1) is 45.6. The molecule has 0 aromatic rings. The third kappa shape index (κ3) is 34.2. The molecule has 7 heteroatoms. The molecule has 0 amide bonds. The lowest BCUT2D eigenvalue weighted by atomic mass is 10.0. The highest BCUT2D eigenvalue weighted by molar-refractivity contribution is 5.69. The average molecular weight is 669 g/mol. The van der Waals surface area contributed by atoms with Crippen molar-refractivity contribution in [1.29, 1.82) is 0 Å². The van der Waals surface area contributed by atoms with Crippen molar-refractivity contribution in [1.82, 2.24) is 0 Å². The largest absolute Gasteiger partial charge is 0.463 e. The van der Waals surface area contributed by atoms with Crippen LogP contribution in [0.3, 0.4) is 0 Å². The van der Waals surface area contributed by atoms with Crippen LogP contribution in [0.15, 0.2) is 12.2 Å². The van der Waals surface area contributed by atoms with Gasteiger partial charge >= 0.3 is 11.9 Å². The number of carbonyl (C=O) groups excluding carboxylic acids is 2. The predicted molar refractivity (Wildman–Crippen MR) is 194 cm³/mol. The molecule has 47 heavy (non-hydrogen) atoms. The second-order valence-corrected chi connectivity index (χ2v) is 14.2. The lowest BCUT2D eigenvalue weighted by molar-refractivity contribution is -0.152. The molecule has 0 aliphatic carbocycles. The smallest absolute Gasteiger partial charge is 0.305 e. The van der Waals surface area contributed by atoms with Gasteiger partial charge in [0.2, 0.25) is 0 Å². The maximum atomic E-state index is 12.0. The Labute approximate surface area is 289 Å². The summed E-state index contributed by atoms with van der Waals surface area (Å²) in [6, 6.07) is 0. The molecule has 0 saturated heterocycles. The minimum Gasteiger partial charge on any atom is -0.463 e. The molecule has 0 aromatic heterocycles. The van der Waals surface area contributed by atoms with E-state index < -0.39 is 18.3 Å². The van der Waals surface area contributed by atoms with E-state index in [0.717, 1.165) is 57.3 Å². The molecule has 0 aliphatic heterocycles. The molecular weight excluding hydrogens is 592 g/mol. The van der Waals surface area contributed by atoms with Crippen molar-refractivity contribution in [2.45, 2.75) is 212 Å². The average Bonchev–Trinajstić information content (AvgIpc) is 3.05. The lowest BCUT2D eigenvalue weighted by Crippen LogP contribution is -2.25. The molecule has 0 saturated carbocycles.